The molecule has 0 saturated carbocycles. The number of aromatic nitrogens is 2. The molecular formula is C18H21FN4. The number of anilines is 1. The van der Waals surface area contributed by atoms with E-state index < -0.39 is 0 Å². The van der Waals surface area contributed by atoms with Gasteiger partial charge < -0.3 is 5.32 Å². The SMILES string of the molecule is CC1C(Nc2ncc(-c3ccccc3F)cn2)C2CCN1CC2. The van der Waals surface area contributed by atoms with E-state index in [9.17, 15) is 4.39 Å². The van der Waals surface area contributed by atoms with Crippen LogP contribution in [0.25, 0.3) is 11.1 Å². The van der Waals surface area contributed by atoms with Gasteiger partial charge in [-0.3, -0.25) is 4.90 Å². The summed E-state index contributed by atoms with van der Waals surface area (Å²) in [7, 11) is 0. The van der Waals surface area contributed by atoms with Crippen LogP contribution in [0.1, 0.15) is 19.8 Å². The molecule has 0 aliphatic carbocycles. The number of hydrogen-bond acceptors (Lipinski definition) is 4. The number of halogens is 1. The summed E-state index contributed by atoms with van der Waals surface area (Å²) < 4.78 is 13.8. The van der Waals surface area contributed by atoms with Gasteiger partial charge in [0.05, 0.1) is 0 Å². The maximum Gasteiger partial charge on any atom is 0.222 e. The average Bonchev–Trinajstić information content (AvgIpc) is 2.60. The van der Waals surface area contributed by atoms with Crippen molar-refractivity contribution in [2.45, 2.75) is 31.8 Å². The number of benzene rings is 1. The summed E-state index contributed by atoms with van der Waals surface area (Å²) in [5, 5.41) is 3.50. The maximum absolute atomic E-state index is 13.8. The average molecular weight is 312 g/mol. The zero-order valence-electron chi connectivity index (χ0n) is 13.2. The predicted octanol–water partition coefficient (Wildman–Crippen LogP) is 3.18. The van der Waals surface area contributed by atoms with E-state index in [4.69, 9.17) is 0 Å². The van der Waals surface area contributed by atoms with Gasteiger partial charge in [-0.2, -0.15) is 0 Å². The van der Waals surface area contributed by atoms with Crippen LogP contribution in [-0.2, 0) is 0 Å². The summed E-state index contributed by atoms with van der Waals surface area (Å²) in [6.45, 7) is 4.69. The summed E-state index contributed by atoms with van der Waals surface area (Å²) in [6.07, 6.45) is 5.88. The van der Waals surface area contributed by atoms with Gasteiger partial charge >= 0.3 is 0 Å². The van der Waals surface area contributed by atoms with Crippen molar-refractivity contribution < 1.29 is 4.39 Å². The zero-order valence-corrected chi connectivity index (χ0v) is 13.2. The Morgan fingerprint density at radius 2 is 1.83 bits per heavy atom. The lowest BCUT2D eigenvalue weighted by Crippen LogP contribution is -2.59. The predicted molar refractivity (Wildman–Crippen MR) is 88.6 cm³/mol. The van der Waals surface area contributed by atoms with Crippen molar-refractivity contribution in [2.75, 3.05) is 18.4 Å². The Morgan fingerprint density at radius 3 is 2.48 bits per heavy atom. The lowest BCUT2D eigenvalue weighted by Gasteiger charge is -2.49. The minimum absolute atomic E-state index is 0.247. The molecule has 1 aromatic carbocycles. The number of nitrogens with zero attached hydrogens (tertiary/aromatic N) is 3. The van der Waals surface area contributed by atoms with E-state index in [0.717, 1.165) is 0 Å². The maximum atomic E-state index is 13.8. The molecule has 2 bridgehead atoms. The first kappa shape index (κ1) is 14.6. The first-order chi connectivity index (χ1) is 11.2. The van der Waals surface area contributed by atoms with E-state index in [1.165, 1.54) is 32.0 Å². The summed E-state index contributed by atoms with van der Waals surface area (Å²) in [6, 6.07) is 7.62. The normalized spacial score (nSPS) is 29.5. The van der Waals surface area contributed by atoms with Crippen LogP contribution in [0.3, 0.4) is 0 Å². The molecule has 3 fully saturated rings. The molecule has 3 aliphatic rings. The first-order valence-electron chi connectivity index (χ1n) is 8.30. The van der Waals surface area contributed by atoms with Gasteiger partial charge in [0.15, 0.2) is 0 Å². The number of rotatable bonds is 3. The largest absolute Gasteiger partial charge is 0.350 e. The molecule has 0 radical (unpaired) electrons. The highest BCUT2D eigenvalue weighted by Crippen LogP contribution is 2.33. The van der Waals surface area contributed by atoms with Crippen LogP contribution in [0, 0.1) is 11.7 Å². The second kappa shape index (κ2) is 5.89. The molecule has 4 nitrogen and oxygen atoms in total. The minimum atomic E-state index is -0.247. The van der Waals surface area contributed by atoms with Crippen molar-refractivity contribution in [1.82, 2.24) is 14.9 Å². The van der Waals surface area contributed by atoms with Gasteiger partial charge in [-0.25, -0.2) is 14.4 Å². The molecule has 3 saturated heterocycles. The van der Waals surface area contributed by atoms with Gasteiger partial charge in [0.1, 0.15) is 5.82 Å². The summed E-state index contributed by atoms with van der Waals surface area (Å²) >= 11 is 0. The zero-order chi connectivity index (χ0) is 15.8. The van der Waals surface area contributed by atoms with Crippen molar-refractivity contribution in [3.8, 4) is 11.1 Å². The number of fused-ring (bicyclic) bond motifs is 3. The first-order valence-corrected chi connectivity index (χ1v) is 8.30. The van der Waals surface area contributed by atoms with Gasteiger partial charge in [-0.05, 0) is 44.8 Å². The Hall–Kier alpha value is -2.01. The highest BCUT2D eigenvalue weighted by atomic mass is 19.1. The van der Waals surface area contributed by atoms with Crippen LogP contribution in [0.5, 0.6) is 0 Å². The third-order valence-corrected chi connectivity index (χ3v) is 5.31. The third-order valence-electron chi connectivity index (χ3n) is 5.31. The van der Waals surface area contributed by atoms with Crippen molar-refractivity contribution in [1.29, 1.82) is 0 Å². The summed E-state index contributed by atoms with van der Waals surface area (Å²) in [4.78, 5) is 11.3. The van der Waals surface area contributed by atoms with E-state index in [2.05, 4.69) is 27.1 Å². The van der Waals surface area contributed by atoms with Gasteiger partial charge in [-0.1, -0.05) is 18.2 Å². The molecule has 1 aromatic heterocycles. The van der Waals surface area contributed by atoms with Crippen molar-refractivity contribution >= 4 is 5.95 Å². The number of nitrogens with one attached hydrogen (secondary N) is 1. The number of piperidine rings is 3. The molecule has 5 heteroatoms. The van der Waals surface area contributed by atoms with Crippen LogP contribution in [0.15, 0.2) is 36.7 Å². The molecule has 4 heterocycles. The van der Waals surface area contributed by atoms with E-state index >= 15 is 0 Å². The monoisotopic (exact) mass is 312 g/mol. The molecule has 3 aliphatic heterocycles. The minimum Gasteiger partial charge on any atom is -0.350 e. The second-order valence-corrected chi connectivity index (χ2v) is 6.56. The lowest BCUT2D eigenvalue weighted by molar-refractivity contribution is 0.0455. The summed E-state index contributed by atoms with van der Waals surface area (Å²) in [5.41, 5.74) is 1.24. The van der Waals surface area contributed by atoms with E-state index in [-0.39, 0.29) is 5.82 Å². The van der Waals surface area contributed by atoms with Crippen LogP contribution in [-0.4, -0.2) is 40.0 Å². The molecule has 2 unspecified atom stereocenters. The quantitative estimate of drug-likeness (QED) is 0.945. The molecule has 0 spiro atoms. The van der Waals surface area contributed by atoms with E-state index in [1.54, 1.807) is 24.5 Å². The molecule has 5 rings (SSSR count). The Bertz CT molecular complexity index is 678. The Labute approximate surface area is 135 Å². The summed E-state index contributed by atoms with van der Waals surface area (Å²) in [5.74, 6) is 1.09. The van der Waals surface area contributed by atoms with Gasteiger partial charge in [0.2, 0.25) is 5.95 Å². The van der Waals surface area contributed by atoms with Crippen LogP contribution < -0.4 is 5.32 Å². The standard InChI is InChI=1S/C18H21FN4/c1-12-17(13-6-8-23(12)9-7-13)22-18-20-10-14(11-21-18)15-4-2-3-5-16(15)19/h2-5,10-13,17H,6-9H2,1H3,(H,20,21,22). The van der Waals surface area contributed by atoms with Gasteiger partial charge in [-0.15, -0.1) is 0 Å². The highest BCUT2D eigenvalue weighted by Gasteiger charge is 2.39. The fourth-order valence-electron chi connectivity index (χ4n) is 3.93. The van der Waals surface area contributed by atoms with E-state index in [0.29, 0.717) is 35.1 Å². The molecule has 23 heavy (non-hydrogen) atoms. The third kappa shape index (κ3) is 2.70. The molecular weight excluding hydrogens is 291 g/mol. The van der Waals surface area contributed by atoms with E-state index in [1.807, 2.05) is 6.07 Å². The second-order valence-electron chi connectivity index (χ2n) is 6.56. The van der Waals surface area contributed by atoms with Crippen molar-refractivity contribution in [3.05, 3.63) is 42.5 Å². The smallest absolute Gasteiger partial charge is 0.222 e. The molecule has 2 aromatic rings. The molecule has 0 amide bonds. The van der Waals surface area contributed by atoms with Crippen LogP contribution in [0.2, 0.25) is 0 Å². The Kier molecular flexibility index (Phi) is 3.73. The van der Waals surface area contributed by atoms with Crippen molar-refractivity contribution in [2.24, 2.45) is 5.92 Å². The Morgan fingerprint density at radius 1 is 1.13 bits per heavy atom. The molecule has 1 N–H and O–H groups in total. The lowest BCUT2D eigenvalue weighted by atomic mass is 9.79. The van der Waals surface area contributed by atoms with Gasteiger partial charge in [0, 0.05) is 35.6 Å². The fraction of sp³-hybridized carbons (Fsp3) is 0.444. The highest BCUT2D eigenvalue weighted by molar-refractivity contribution is 5.62. The van der Waals surface area contributed by atoms with Crippen LogP contribution >= 0.6 is 0 Å². The fourth-order valence-corrected chi connectivity index (χ4v) is 3.93. The molecule has 2 atom stereocenters. The van der Waals surface area contributed by atoms with Crippen molar-refractivity contribution in [3.63, 3.8) is 0 Å². The van der Waals surface area contributed by atoms with Crippen LogP contribution in [0.4, 0.5) is 10.3 Å². The topological polar surface area (TPSA) is 41.1 Å². The molecule has 120 valence electrons. The van der Waals surface area contributed by atoms with Gasteiger partial charge in [0.25, 0.3) is 0 Å². The Balaban J connectivity index is 1.52. The number of hydrogen-bond donors (Lipinski definition) is 1.